The van der Waals surface area contributed by atoms with Crippen molar-refractivity contribution in [3.63, 3.8) is 0 Å². The zero-order valence-corrected chi connectivity index (χ0v) is 15.4. The molecular weight excluding hydrogens is 395 g/mol. The molecule has 0 aliphatic carbocycles. The molecule has 3 aromatic carbocycles. The molecule has 0 heterocycles. The van der Waals surface area contributed by atoms with E-state index >= 15 is 0 Å². The van der Waals surface area contributed by atoms with Gasteiger partial charge in [-0.2, -0.15) is 13.2 Å². The second kappa shape index (κ2) is 10.2. The molecule has 0 aliphatic heterocycles. The van der Waals surface area contributed by atoms with Crippen LogP contribution in [0.25, 0.3) is 0 Å². The van der Waals surface area contributed by atoms with Crippen molar-refractivity contribution >= 4 is 10.9 Å². The summed E-state index contributed by atoms with van der Waals surface area (Å²) in [5, 5.41) is 7.59. The third kappa shape index (κ3) is 6.35. The summed E-state index contributed by atoms with van der Waals surface area (Å²) in [5.41, 5.74) is 0. The number of benzene rings is 3. The maximum atomic E-state index is 11.0. The van der Waals surface area contributed by atoms with Crippen molar-refractivity contribution in [1.29, 1.82) is 0 Å². The van der Waals surface area contributed by atoms with Crippen LogP contribution in [0.3, 0.4) is 0 Å². The molecule has 0 spiro atoms. The summed E-state index contributed by atoms with van der Waals surface area (Å²) < 4.78 is 54.8. The molecule has 3 rings (SSSR count). The third-order valence-electron chi connectivity index (χ3n) is 3.51. The minimum Gasteiger partial charge on any atom is -0.379 e. The normalized spacial score (nSPS) is 12.4. The maximum absolute atomic E-state index is 11.0. The molecule has 1 N–H and O–H groups in total. The third-order valence-corrected chi connectivity index (χ3v) is 5.74. The summed E-state index contributed by atoms with van der Waals surface area (Å²) in [6.07, 6.45) is -12.5. The molecule has 0 aromatic heterocycles. The first kappa shape index (κ1) is 21.9. The molecule has 0 saturated heterocycles. The predicted molar refractivity (Wildman–Crippen MR) is 99.6 cm³/mol. The lowest BCUT2D eigenvalue weighted by Gasteiger charge is -2.11. The van der Waals surface area contributed by atoms with Crippen LogP contribution in [0.5, 0.6) is 0 Å². The molecule has 0 radical (unpaired) electrons. The number of hydrogen-bond donors (Lipinski definition) is 1. The van der Waals surface area contributed by atoms with Gasteiger partial charge in [-0.3, -0.25) is 0 Å². The average Bonchev–Trinajstić information content (AvgIpc) is 2.70. The number of aliphatic hydroxyl groups excluding tert-OH is 1. The van der Waals surface area contributed by atoms with E-state index in [1.54, 1.807) is 0 Å². The number of rotatable bonds is 4. The van der Waals surface area contributed by atoms with Gasteiger partial charge in [0.1, 0.15) is 0 Å². The Kier molecular flexibility index (Phi) is 8.02. The molecule has 7 heteroatoms. The van der Waals surface area contributed by atoms with E-state index < -0.39 is 18.7 Å². The van der Waals surface area contributed by atoms with Gasteiger partial charge in [-0.25, -0.2) is 8.78 Å². The van der Waals surface area contributed by atoms with Crippen LogP contribution >= 0.6 is 0 Å². The fourth-order valence-corrected chi connectivity index (χ4v) is 4.33. The molecule has 0 saturated carbocycles. The SMILES string of the molecule is OC(C(F)F)C(F)(F)F.c1ccc([S+](c2ccccc2)c2ccccc2)cc1. The monoisotopic (exact) mass is 413 g/mol. The van der Waals surface area contributed by atoms with Gasteiger partial charge < -0.3 is 5.11 Å². The molecule has 148 valence electrons. The second-order valence-corrected chi connectivity index (χ2v) is 7.59. The van der Waals surface area contributed by atoms with Crippen molar-refractivity contribution in [3.8, 4) is 0 Å². The lowest BCUT2D eigenvalue weighted by Crippen LogP contribution is -2.34. The Bertz CT molecular complexity index is 717. The maximum Gasteiger partial charge on any atom is 0.420 e. The predicted octanol–water partition coefficient (Wildman–Crippen LogP) is 5.96. The lowest BCUT2D eigenvalue weighted by molar-refractivity contribution is -0.236. The van der Waals surface area contributed by atoms with Crippen molar-refractivity contribution < 1.29 is 27.1 Å². The molecule has 1 nitrogen and oxygen atoms in total. The van der Waals surface area contributed by atoms with E-state index in [1.807, 2.05) is 0 Å². The first-order valence-corrected chi connectivity index (χ1v) is 9.45. The van der Waals surface area contributed by atoms with Crippen LogP contribution in [0.4, 0.5) is 22.0 Å². The molecule has 0 amide bonds. The lowest BCUT2D eigenvalue weighted by atomic mass is 10.4. The van der Waals surface area contributed by atoms with Crippen molar-refractivity contribution in [3.05, 3.63) is 91.0 Å². The smallest absolute Gasteiger partial charge is 0.379 e. The van der Waals surface area contributed by atoms with Gasteiger partial charge in [0.2, 0.25) is 6.10 Å². The first-order chi connectivity index (χ1) is 13.3. The largest absolute Gasteiger partial charge is 0.420 e. The minimum atomic E-state index is -5.21. The molecule has 0 aliphatic rings. The number of halogens is 5. The van der Waals surface area contributed by atoms with Crippen LogP contribution in [-0.2, 0) is 10.9 Å². The zero-order chi connectivity index (χ0) is 20.6. The van der Waals surface area contributed by atoms with Crippen LogP contribution in [0.15, 0.2) is 106 Å². The van der Waals surface area contributed by atoms with Gasteiger partial charge in [-0.05, 0) is 36.4 Å². The van der Waals surface area contributed by atoms with Crippen LogP contribution in [-0.4, -0.2) is 23.8 Å². The van der Waals surface area contributed by atoms with Crippen molar-refractivity contribution in [1.82, 2.24) is 0 Å². The van der Waals surface area contributed by atoms with E-state index in [-0.39, 0.29) is 10.9 Å². The standard InChI is InChI=1S/C18H15S.C3H3F5O/c1-4-10-16(11-5-1)19(17-12-6-2-7-13-17)18-14-8-3-9-15-18;4-2(5)1(9)3(6,7)8/h1-15H;1-2,9H/q+1;. The van der Waals surface area contributed by atoms with Gasteiger partial charge in [-0.15, -0.1) is 0 Å². The summed E-state index contributed by atoms with van der Waals surface area (Å²) in [6.45, 7) is 0. The van der Waals surface area contributed by atoms with Gasteiger partial charge in [0.15, 0.2) is 14.7 Å². The molecule has 1 unspecified atom stereocenters. The Morgan fingerprint density at radius 3 is 1.07 bits per heavy atom. The van der Waals surface area contributed by atoms with E-state index in [0.29, 0.717) is 0 Å². The highest BCUT2D eigenvalue weighted by molar-refractivity contribution is 7.97. The van der Waals surface area contributed by atoms with Crippen LogP contribution in [0.1, 0.15) is 0 Å². The van der Waals surface area contributed by atoms with Crippen LogP contribution in [0, 0.1) is 0 Å². The van der Waals surface area contributed by atoms with Crippen molar-refractivity contribution in [2.45, 2.75) is 33.4 Å². The molecule has 28 heavy (non-hydrogen) atoms. The fourth-order valence-electron chi connectivity index (χ4n) is 2.22. The molecule has 3 aromatic rings. The number of alkyl halides is 5. The van der Waals surface area contributed by atoms with E-state index in [2.05, 4.69) is 91.0 Å². The molecule has 1 atom stereocenters. The highest BCUT2D eigenvalue weighted by Gasteiger charge is 2.44. The van der Waals surface area contributed by atoms with Gasteiger partial charge in [-0.1, -0.05) is 54.6 Å². The van der Waals surface area contributed by atoms with E-state index in [0.717, 1.165) is 0 Å². The number of aliphatic hydroxyl groups is 1. The van der Waals surface area contributed by atoms with E-state index in [4.69, 9.17) is 5.11 Å². The van der Waals surface area contributed by atoms with Crippen LogP contribution < -0.4 is 0 Å². The van der Waals surface area contributed by atoms with Crippen LogP contribution in [0.2, 0.25) is 0 Å². The Hall–Kier alpha value is -2.38. The average molecular weight is 413 g/mol. The number of hydrogen-bond acceptors (Lipinski definition) is 1. The minimum absolute atomic E-state index is 0.0146. The Morgan fingerprint density at radius 1 is 0.607 bits per heavy atom. The first-order valence-electron chi connectivity index (χ1n) is 8.23. The summed E-state index contributed by atoms with van der Waals surface area (Å²) in [4.78, 5) is 4.08. The molecule has 0 bridgehead atoms. The summed E-state index contributed by atoms with van der Waals surface area (Å²) in [6, 6.07) is 32.2. The van der Waals surface area contributed by atoms with Gasteiger partial charge in [0.05, 0.1) is 10.9 Å². The van der Waals surface area contributed by atoms with Gasteiger partial charge in [0, 0.05) is 0 Å². The summed E-state index contributed by atoms with van der Waals surface area (Å²) in [7, 11) is -0.0146. The van der Waals surface area contributed by atoms with Gasteiger partial charge >= 0.3 is 6.18 Å². The van der Waals surface area contributed by atoms with Crippen molar-refractivity contribution in [2.24, 2.45) is 0 Å². The zero-order valence-electron chi connectivity index (χ0n) is 14.6. The Balaban J connectivity index is 0.000000266. The highest BCUT2D eigenvalue weighted by atomic mass is 32.2. The second-order valence-electron chi connectivity index (χ2n) is 5.57. The van der Waals surface area contributed by atoms with E-state index in [1.165, 1.54) is 14.7 Å². The molecule has 0 fully saturated rings. The highest BCUT2D eigenvalue weighted by Crippen LogP contribution is 2.30. The van der Waals surface area contributed by atoms with Crippen molar-refractivity contribution in [2.75, 3.05) is 0 Å². The topological polar surface area (TPSA) is 20.2 Å². The fraction of sp³-hybridized carbons (Fsp3) is 0.143. The Morgan fingerprint density at radius 2 is 0.893 bits per heavy atom. The summed E-state index contributed by atoms with van der Waals surface area (Å²) in [5.74, 6) is 0. The quantitative estimate of drug-likeness (QED) is 0.414. The van der Waals surface area contributed by atoms with E-state index in [9.17, 15) is 22.0 Å². The van der Waals surface area contributed by atoms with Gasteiger partial charge in [0.25, 0.3) is 6.43 Å². The Labute approximate surface area is 162 Å². The summed E-state index contributed by atoms with van der Waals surface area (Å²) >= 11 is 0. The molecular formula is C21H18F5OS+.